The Morgan fingerprint density at radius 1 is 0.918 bits per heavy atom. The van der Waals surface area contributed by atoms with Crippen molar-refractivity contribution in [2.75, 3.05) is 13.2 Å². The van der Waals surface area contributed by atoms with Gasteiger partial charge in [-0.25, -0.2) is 0 Å². The molecule has 0 aromatic heterocycles. The summed E-state index contributed by atoms with van der Waals surface area (Å²) < 4.78 is 82.6. The molecule has 278 valence electrons. The molecule has 11 atom stereocenters. The third kappa shape index (κ3) is 8.04. The number of esters is 2. The van der Waals surface area contributed by atoms with Crippen LogP contribution >= 0.6 is 0 Å². The van der Waals surface area contributed by atoms with Gasteiger partial charge in [0, 0.05) is 24.2 Å². The van der Waals surface area contributed by atoms with Crippen molar-refractivity contribution in [1.29, 1.82) is 0 Å². The minimum absolute atomic E-state index is 0.0320. The van der Waals surface area contributed by atoms with Gasteiger partial charge >= 0.3 is 27.3 Å². The van der Waals surface area contributed by atoms with Gasteiger partial charge in [-0.2, -0.15) is 17.2 Å². The third-order valence-electron chi connectivity index (χ3n) is 12.5. The smallest absolute Gasteiger partial charge is 0.402 e. The standard InChI is InChI=1S/C33H48F2O13S/c1-20(6-9-29(40)44-12-4-5-28(39)45-16-33(34,35)49(41,42)43)23-7-8-24-30-25(15-27(48-19-38)32(23,24)3)31(2)11-10-22(46-17-36)13-21(31)14-26(30)47-18-37/h17-27,30H,4-16H2,1-3H3,(H,41,42,43)/t20-,21+,22?,23-,24+,25+,26?,27?,30+,31+,32-/m1/s1. The van der Waals surface area contributed by atoms with E-state index in [4.69, 9.17) is 23.5 Å². The summed E-state index contributed by atoms with van der Waals surface area (Å²) in [6.07, 6.45) is 4.46. The van der Waals surface area contributed by atoms with E-state index in [1.807, 2.05) is 0 Å². The number of carbonyl (C=O) groups excluding carboxylic acids is 5. The summed E-state index contributed by atoms with van der Waals surface area (Å²) in [5.74, 6) is -1.09. The third-order valence-corrected chi connectivity index (χ3v) is 13.4. The maximum Gasteiger partial charge on any atom is 0.402 e. The lowest BCUT2D eigenvalue weighted by Crippen LogP contribution is -2.63. The number of rotatable bonds is 17. The molecule has 0 bridgehead atoms. The summed E-state index contributed by atoms with van der Waals surface area (Å²) in [7, 11) is -5.72. The summed E-state index contributed by atoms with van der Waals surface area (Å²) in [5.41, 5.74) is -0.555. The highest BCUT2D eigenvalue weighted by atomic mass is 32.2. The Bertz CT molecular complexity index is 1330. The molecule has 0 heterocycles. The van der Waals surface area contributed by atoms with E-state index in [0.717, 1.165) is 25.7 Å². The highest BCUT2D eigenvalue weighted by Gasteiger charge is 2.67. The number of carbonyl (C=O) groups is 5. The lowest BCUT2D eigenvalue weighted by atomic mass is 9.43. The van der Waals surface area contributed by atoms with Crippen LogP contribution in [0.15, 0.2) is 0 Å². The average Bonchev–Trinajstić information content (AvgIpc) is 3.40. The number of hydrogen-bond donors (Lipinski definition) is 1. The highest BCUT2D eigenvalue weighted by Crippen LogP contribution is 2.69. The quantitative estimate of drug-likeness (QED) is 0.0739. The van der Waals surface area contributed by atoms with Crippen LogP contribution in [0.25, 0.3) is 0 Å². The maximum absolute atomic E-state index is 13.2. The second kappa shape index (κ2) is 15.6. The molecule has 0 aromatic rings. The second-order valence-corrected chi connectivity index (χ2v) is 16.3. The summed E-state index contributed by atoms with van der Waals surface area (Å²) in [5, 5.41) is -4.63. The molecule has 0 radical (unpaired) electrons. The molecular weight excluding hydrogens is 674 g/mol. The van der Waals surface area contributed by atoms with E-state index in [9.17, 15) is 41.2 Å². The van der Waals surface area contributed by atoms with Gasteiger partial charge in [0.25, 0.3) is 19.4 Å². The van der Waals surface area contributed by atoms with Gasteiger partial charge in [-0.3, -0.25) is 28.5 Å². The predicted molar refractivity (Wildman–Crippen MR) is 165 cm³/mol. The van der Waals surface area contributed by atoms with Gasteiger partial charge in [-0.15, -0.1) is 0 Å². The Balaban J connectivity index is 1.36. The molecule has 13 nitrogen and oxygen atoms in total. The van der Waals surface area contributed by atoms with Crippen LogP contribution in [0.1, 0.15) is 91.4 Å². The van der Waals surface area contributed by atoms with Crippen molar-refractivity contribution in [2.24, 2.45) is 46.3 Å². The van der Waals surface area contributed by atoms with E-state index < -0.39 is 45.8 Å². The molecule has 0 aromatic carbocycles. The summed E-state index contributed by atoms with van der Waals surface area (Å²) in [4.78, 5) is 58.9. The lowest BCUT2D eigenvalue weighted by Gasteiger charge is -2.64. The lowest BCUT2D eigenvalue weighted by molar-refractivity contribution is -0.218. The van der Waals surface area contributed by atoms with E-state index >= 15 is 0 Å². The molecule has 4 aliphatic carbocycles. The molecule has 4 aliphatic rings. The van der Waals surface area contributed by atoms with Crippen LogP contribution in [0.2, 0.25) is 0 Å². The van der Waals surface area contributed by atoms with Crippen molar-refractivity contribution >= 4 is 41.5 Å². The van der Waals surface area contributed by atoms with Gasteiger partial charge in [0.05, 0.1) is 6.61 Å². The van der Waals surface area contributed by atoms with E-state index in [-0.39, 0.29) is 78.7 Å². The summed E-state index contributed by atoms with van der Waals surface area (Å²) >= 11 is 0. The predicted octanol–water partition coefficient (Wildman–Crippen LogP) is 4.25. The fraction of sp³-hybridized carbons (Fsp3) is 0.848. The topological polar surface area (TPSA) is 186 Å². The molecule has 0 amide bonds. The minimum atomic E-state index is -5.72. The minimum Gasteiger partial charge on any atom is -0.466 e. The van der Waals surface area contributed by atoms with Crippen molar-refractivity contribution in [3.63, 3.8) is 0 Å². The van der Waals surface area contributed by atoms with Gasteiger partial charge in [0.2, 0.25) is 0 Å². The summed E-state index contributed by atoms with van der Waals surface area (Å²) in [6.45, 7) is 5.99. The molecule has 4 fully saturated rings. The molecule has 4 saturated carbocycles. The molecule has 0 saturated heterocycles. The first kappa shape index (κ1) is 38.9. The Morgan fingerprint density at radius 3 is 2.24 bits per heavy atom. The average molecular weight is 723 g/mol. The van der Waals surface area contributed by atoms with E-state index in [1.54, 1.807) is 0 Å². The molecule has 0 spiro atoms. The number of ether oxygens (including phenoxy) is 5. The summed E-state index contributed by atoms with van der Waals surface area (Å²) in [6, 6.07) is 0. The number of halogens is 2. The van der Waals surface area contributed by atoms with E-state index in [0.29, 0.717) is 45.1 Å². The molecule has 1 N–H and O–H groups in total. The zero-order chi connectivity index (χ0) is 36.2. The zero-order valence-corrected chi connectivity index (χ0v) is 28.9. The van der Waals surface area contributed by atoms with Gasteiger partial charge in [-0.1, -0.05) is 20.8 Å². The van der Waals surface area contributed by atoms with Crippen molar-refractivity contribution in [1.82, 2.24) is 0 Å². The van der Waals surface area contributed by atoms with Crippen molar-refractivity contribution < 1.29 is 69.4 Å². The number of alkyl halides is 2. The molecular formula is C33H48F2O13S. The monoisotopic (exact) mass is 722 g/mol. The van der Waals surface area contributed by atoms with Crippen LogP contribution in [0, 0.1) is 46.3 Å². The van der Waals surface area contributed by atoms with Crippen LogP contribution < -0.4 is 0 Å². The molecule has 4 rings (SSSR count). The van der Waals surface area contributed by atoms with Crippen LogP contribution in [0.5, 0.6) is 0 Å². The number of hydrogen-bond acceptors (Lipinski definition) is 12. The molecule has 3 unspecified atom stereocenters. The Kier molecular flexibility index (Phi) is 12.4. The van der Waals surface area contributed by atoms with Crippen molar-refractivity contribution in [3.05, 3.63) is 0 Å². The molecule has 49 heavy (non-hydrogen) atoms. The second-order valence-electron chi connectivity index (χ2n) is 14.7. The van der Waals surface area contributed by atoms with Gasteiger partial charge in [0.1, 0.15) is 18.3 Å². The SMILES string of the molecule is C[C@H](CCC(=O)OCCCC(=O)OCC(F)(F)S(=O)(=O)O)[C@H]1CC[C@H]2[C@@H]3C(OC=O)C[C@@H]4CC(OC=O)CC[C@]4(C)[C@H]3CC(OC=O)[C@]12C. The van der Waals surface area contributed by atoms with Gasteiger partial charge in [0.15, 0.2) is 6.61 Å². The first-order chi connectivity index (χ1) is 23.0. The molecule has 16 heteroatoms. The maximum atomic E-state index is 13.2. The van der Waals surface area contributed by atoms with Gasteiger partial charge < -0.3 is 23.7 Å². The van der Waals surface area contributed by atoms with Gasteiger partial charge in [-0.05, 0) is 92.8 Å². The van der Waals surface area contributed by atoms with Crippen LogP contribution in [-0.4, -0.2) is 81.1 Å². The van der Waals surface area contributed by atoms with Crippen LogP contribution in [0.4, 0.5) is 8.78 Å². The molecule has 0 aliphatic heterocycles. The fourth-order valence-electron chi connectivity index (χ4n) is 10.1. The van der Waals surface area contributed by atoms with E-state index in [2.05, 4.69) is 25.5 Å². The fourth-order valence-corrected chi connectivity index (χ4v) is 10.3. The van der Waals surface area contributed by atoms with E-state index in [1.165, 1.54) is 0 Å². The van der Waals surface area contributed by atoms with Crippen molar-refractivity contribution in [3.8, 4) is 0 Å². The largest absolute Gasteiger partial charge is 0.466 e. The zero-order valence-electron chi connectivity index (χ0n) is 28.1. The van der Waals surface area contributed by atoms with Crippen molar-refractivity contribution in [2.45, 2.75) is 115 Å². The Morgan fingerprint density at radius 2 is 1.59 bits per heavy atom. The highest BCUT2D eigenvalue weighted by molar-refractivity contribution is 7.86. The van der Waals surface area contributed by atoms with Crippen LogP contribution in [-0.2, 0) is 57.8 Å². The van der Waals surface area contributed by atoms with Crippen LogP contribution in [0.3, 0.4) is 0 Å². The first-order valence-electron chi connectivity index (χ1n) is 17.0. The first-order valence-corrected chi connectivity index (χ1v) is 18.4. The Labute approximate surface area is 285 Å². The normalized spacial score (nSPS) is 36.1. The Hall–Kier alpha value is -2.88. The number of fused-ring (bicyclic) bond motifs is 5.